The number of nitrogens with zero attached hydrogens (tertiary/aromatic N) is 2. The summed E-state index contributed by atoms with van der Waals surface area (Å²) in [6.45, 7) is 4.04. The Bertz CT molecular complexity index is 960. The summed E-state index contributed by atoms with van der Waals surface area (Å²) in [5, 5.41) is 11.6. The Morgan fingerprint density at radius 3 is 2.68 bits per heavy atom. The molecule has 2 aromatic carbocycles. The van der Waals surface area contributed by atoms with Crippen LogP contribution in [0.15, 0.2) is 47.5 Å². The zero-order valence-corrected chi connectivity index (χ0v) is 16.5. The van der Waals surface area contributed by atoms with Crippen LogP contribution in [0.1, 0.15) is 24.8 Å². The molecule has 0 aliphatic carbocycles. The SMILES string of the molecule is Oc1[nH]c2ccc(Cl)cc2c1C=Nc1ccc(OCCN2CCCCC2)cc1. The van der Waals surface area contributed by atoms with E-state index in [0.717, 1.165) is 28.9 Å². The van der Waals surface area contributed by atoms with Crippen molar-refractivity contribution in [1.29, 1.82) is 0 Å². The summed E-state index contributed by atoms with van der Waals surface area (Å²) >= 11 is 6.07. The molecule has 1 aliphatic rings. The first-order valence-corrected chi connectivity index (χ1v) is 10.1. The van der Waals surface area contributed by atoms with Crippen molar-refractivity contribution in [1.82, 2.24) is 9.88 Å². The Morgan fingerprint density at radius 2 is 1.89 bits per heavy atom. The Labute approximate surface area is 169 Å². The van der Waals surface area contributed by atoms with Gasteiger partial charge in [-0.05, 0) is 68.4 Å². The lowest BCUT2D eigenvalue weighted by molar-refractivity contribution is 0.183. The monoisotopic (exact) mass is 397 g/mol. The van der Waals surface area contributed by atoms with E-state index in [4.69, 9.17) is 16.3 Å². The highest BCUT2D eigenvalue weighted by Gasteiger charge is 2.10. The topological polar surface area (TPSA) is 60.9 Å². The molecule has 1 aromatic heterocycles. The lowest BCUT2D eigenvalue weighted by atomic mass is 10.1. The number of benzene rings is 2. The van der Waals surface area contributed by atoms with Crippen molar-refractivity contribution in [2.45, 2.75) is 19.3 Å². The number of ether oxygens (including phenoxy) is 1. The molecule has 146 valence electrons. The Balaban J connectivity index is 1.38. The van der Waals surface area contributed by atoms with Gasteiger partial charge in [0, 0.05) is 28.7 Å². The maximum atomic E-state index is 10.1. The molecule has 6 heteroatoms. The second-order valence-electron chi connectivity index (χ2n) is 7.08. The molecule has 4 rings (SSSR count). The van der Waals surface area contributed by atoms with Crippen molar-refractivity contribution in [3.8, 4) is 11.6 Å². The highest BCUT2D eigenvalue weighted by molar-refractivity contribution is 6.31. The third-order valence-corrected chi connectivity index (χ3v) is 5.32. The second-order valence-corrected chi connectivity index (χ2v) is 7.52. The fraction of sp³-hybridized carbons (Fsp3) is 0.318. The fourth-order valence-corrected chi connectivity index (χ4v) is 3.72. The summed E-state index contributed by atoms with van der Waals surface area (Å²) in [6, 6.07) is 13.1. The van der Waals surface area contributed by atoms with E-state index in [1.54, 1.807) is 12.3 Å². The van der Waals surface area contributed by atoms with E-state index in [9.17, 15) is 5.11 Å². The highest BCUT2D eigenvalue weighted by Crippen LogP contribution is 2.29. The number of fused-ring (bicyclic) bond motifs is 1. The molecular formula is C22H24ClN3O2. The Hall–Kier alpha value is -2.50. The Morgan fingerprint density at radius 1 is 1.11 bits per heavy atom. The van der Waals surface area contributed by atoms with Crippen LogP contribution in [0.25, 0.3) is 10.9 Å². The quantitative estimate of drug-likeness (QED) is 0.566. The van der Waals surface area contributed by atoms with Crippen LogP contribution in [0, 0.1) is 0 Å². The van der Waals surface area contributed by atoms with Gasteiger partial charge in [0.2, 0.25) is 0 Å². The number of halogens is 1. The van der Waals surface area contributed by atoms with Crippen LogP contribution in [0.5, 0.6) is 11.6 Å². The van der Waals surface area contributed by atoms with Crippen molar-refractivity contribution >= 4 is 34.4 Å². The third-order valence-electron chi connectivity index (χ3n) is 5.08. The molecular weight excluding hydrogens is 374 g/mol. The molecule has 0 spiro atoms. The van der Waals surface area contributed by atoms with Gasteiger partial charge in [-0.25, -0.2) is 0 Å². The van der Waals surface area contributed by atoms with E-state index in [0.29, 0.717) is 17.2 Å². The van der Waals surface area contributed by atoms with E-state index in [1.807, 2.05) is 36.4 Å². The summed E-state index contributed by atoms with van der Waals surface area (Å²) < 4.78 is 5.85. The van der Waals surface area contributed by atoms with Gasteiger partial charge < -0.3 is 14.8 Å². The van der Waals surface area contributed by atoms with Crippen molar-refractivity contribution in [2.75, 3.05) is 26.2 Å². The molecule has 5 nitrogen and oxygen atoms in total. The maximum Gasteiger partial charge on any atom is 0.198 e. The standard InChI is InChI=1S/C22H24ClN3O2/c23-16-4-9-21-19(14-16)20(22(27)25-21)15-24-17-5-7-18(8-6-17)28-13-12-26-10-2-1-3-11-26/h4-9,14-15,25,27H,1-3,10-13H2. The minimum atomic E-state index is 0.0821. The molecule has 0 amide bonds. The number of likely N-dealkylation sites (tertiary alicyclic amines) is 1. The molecule has 3 aromatic rings. The summed E-state index contributed by atoms with van der Waals surface area (Å²) in [5.41, 5.74) is 2.24. The molecule has 0 unspecified atom stereocenters. The van der Waals surface area contributed by atoms with Crippen molar-refractivity contribution in [3.05, 3.63) is 53.1 Å². The van der Waals surface area contributed by atoms with E-state index in [-0.39, 0.29) is 5.88 Å². The molecule has 0 bridgehead atoms. The average molecular weight is 398 g/mol. The van der Waals surface area contributed by atoms with Gasteiger partial charge in [-0.2, -0.15) is 0 Å². The van der Waals surface area contributed by atoms with E-state index >= 15 is 0 Å². The van der Waals surface area contributed by atoms with Gasteiger partial charge in [0.15, 0.2) is 5.88 Å². The van der Waals surface area contributed by atoms with Crippen molar-refractivity contribution in [2.24, 2.45) is 4.99 Å². The number of rotatable bonds is 6. The van der Waals surface area contributed by atoms with Crippen molar-refractivity contribution < 1.29 is 9.84 Å². The van der Waals surface area contributed by atoms with Crippen LogP contribution >= 0.6 is 11.6 Å². The van der Waals surface area contributed by atoms with Gasteiger partial charge in [-0.1, -0.05) is 18.0 Å². The van der Waals surface area contributed by atoms with E-state index in [2.05, 4.69) is 14.9 Å². The average Bonchev–Trinajstić information content (AvgIpc) is 3.02. The van der Waals surface area contributed by atoms with Gasteiger partial charge in [-0.3, -0.25) is 9.89 Å². The number of nitrogens with one attached hydrogen (secondary N) is 1. The molecule has 0 atom stereocenters. The molecule has 2 N–H and O–H groups in total. The first kappa shape index (κ1) is 18.8. The van der Waals surface area contributed by atoms with Gasteiger partial charge in [0.25, 0.3) is 0 Å². The van der Waals surface area contributed by atoms with Gasteiger partial charge in [-0.15, -0.1) is 0 Å². The molecule has 1 saturated heterocycles. The predicted molar refractivity (Wildman–Crippen MR) is 114 cm³/mol. The zero-order chi connectivity index (χ0) is 19.3. The number of aromatic hydroxyl groups is 1. The normalized spacial score (nSPS) is 15.5. The second kappa shape index (κ2) is 8.67. The largest absolute Gasteiger partial charge is 0.494 e. The molecule has 1 fully saturated rings. The summed E-state index contributed by atoms with van der Waals surface area (Å²) in [7, 11) is 0. The third kappa shape index (κ3) is 4.49. The van der Waals surface area contributed by atoms with Gasteiger partial charge in [0.05, 0.1) is 11.3 Å². The van der Waals surface area contributed by atoms with Gasteiger partial charge >= 0.3 is 0 Å². The number of hydrogen-bond donors (Lipinski definition) is 2. The minimum Gasteiger partial charge on any atom is -0.494 e. The molecule has 1 aliphatic heterocycles. The lowest BCUT2D eigenvalue weighted by Crippen LogP contribution is -2.33. The minimum absolute atomic E-state index is 0.0821. The number of aliphatic imine (C=N–C) groups is 1. The first-order chi connectivity index (χ1) is 13.7. The molecule has 0 saturated carbocycles. The number of piperidine rings is 1. The molecule has 2 heterocycles. The van der Waals surface area contributed by atoms with E-state index < -0.39 is 0 Å². The van der Waals surface area contributed by atoms with Crippen LogP contribution in [0.4, 0.5) is 5.69 Å². The predicted octanol–water partition coefficient (Wildman–Crippen LogP) is 5.14. The first-order valence-electron chi connectivity index (χ1n) is 9.68. The van der Waals surface area contributed by atoms with Crippen LogP contribution in [-0.4, -0.2) is 47.4 Å². The zero-order valence-electron chi connectivity index (χ0n) is 15.7. The van der Waals surface area contributed by atoms with Crippen LogP contribution in [0.3, 0.4) is 0 Å². The van der Waals surface area contributed by atoms with Crippen LogP contribution in [-0.2, 0) is 0 Å². The lowest BCUT2D eigenvalue weighted by Gasteiger charge is -2.26. The van der Waals surface area contributed by atoms with Gasteiger partial charge in [0.1, 0.15) is 12.4 Å². The Kier molecular flexibility index (Phi) is 5.84. The number of H-pyrrole nitrogens is 1. The summed E-state index contributed by atoms with van der Waals surface area (Å²) in [6.07, 6.45) is 5.59. The summed E-state index contributed by atoms with van der Waals surface area (Å²) in [5.74, 6) is 0.927. The molecule has 28 heavy (non-hydrogen) atoms. The van der Waals surface area contributed by atoms with Crippen LogP contribution in [0.2, 0.25) is 5.02 Å². The molecule has 0 radical (unpaired) electrons. The smallest absolute Gasteiger partial charge is 0.198 e. The van der Waals surface area contributed by atoms with Crippen LogP contribution < -0.4 is 4.74 Å². The number of aromatic nitrogens is 1. The maximum absolute atomic E-state index is 10.1. The highest BCUT2D eigenvalue weighted by atomic mass is 35.5. The number of aromatic amines is 1. The summed E-state index contributed by atoms with van der Waals surface area (Å²) in [4.78, 5) is 9.86. The fourth-order valence-electron chi connectivity index (χ4n) is 3.54. The van der Waals surface area contributed by atoms with E-state index in [1.165, 1.54) is 32.4 Å². The van der Waals surface area contributed by atoms with Crippen molar-refractivity contribution in [3.63, 3.8) is 0 Å². The number of hydrogen-bond acceptors (Lipinski definition) is 4.